The van der Waals surface area contributed by atoms with Crippen molar-refractivity contribution in [2.75, 3.05) is 5.73 Å². The van der Waals surface area contributed by atoms with Crippen LogP contribution in [0, 0.1) is 0 Å². The highest BCUT2D eigenvalue weighted by atomic mass is 16.2. The molecule has 88 valence electrons. The van der Waals surface area contributed by atoms with Gasteiger partial charge in [-0.05, 0) is 42.5 Å². The fraction of sp³-hybridized carbons (Fsp3) is 0. The minimum absolute atomic E-state index is 0.328. The molecule has 0 atom stereocenters. The summed E-state index contributed by atoms with van der Waals surface area (Å²) < 4.78 is 1.15. The molecule has 0 amide bonds. The number of benzene rings is 2. The Kier molecular flexibility index (Phi) is 2.16. The summed E-state index contributed by atoms with van der Waals surface area (Å²) in [5.74, 6) is 0. The molecule has 2 aromatic carbocycles. The zero-order chi connectivity index (χ0) is 12.7. The van der Waals surface area contributed by atoms with Gasteiger partial charge in [0, 0.05) is 16.5 Å². The molecule has 0 aliphatic carbocycles. The molecule has 2 bridgehead atoms. The maximum atomic E-state index is 12.2. The first-order valence-corrected chi connectivity index (χ1v) is 5.51. The van der Waals surface area contributed by atoms with E-state index in [2.05, 4.69) is 0 Å². The van der Waals surface area contributed by atoms with Crippen LogP contribution < -0.4 is 16.9 Å². The normalized spacial score (nSPS) is 10.9. The van der Waals surface area contributed by atoms with Gasteiger partial charge in [-0.1, -0.05) is 6.07 Å². The lowest BCUT2D eigenvalue weighted by atomic mass is 10.2. The topological polar surface area (TPSA) is 65.1 Å². The number of aromatic nitrogens is 1. The average Bonchev–Trinajstić information content (AvgIpc) is 2.56. The van der Waals surface area contributed by atoms with Crippen molar-refractivity contribution in [1.82, 2.24) is 4.57 Å². The third-order valence-electron chi connectivity index (χ3n) is 2.91. The minimum Gasteiger partial charge on any atom is -0.399 e. The Balaban J connectivity index is 2.51. The van der Waals surface area contributed by atoms with Crippen LogP contribution in [0.25, 0.3) is 16.5 Å². The fourth-order valence-electron chi connectivity index (χ4n) is 2.00. The molecular formula is C14H10N2O2. The average molecular weight is 238 g/mol. The number of rotatable bonds is 1. The molecule has 0 saturated heterocycles. The van der Waals surface area contributed by atoms with Crippen LogP contribution in [0.2, 0.25) is 0 Å². The molecule has 2 heterocycles. The predicted molar refractivity (Wildman–Crippen MR) is 71.4 cm³/mol. The van der Waals surface area contributed by atoms with Gasteiger partial charge in [-0.15, -0.1) is 0 Å². The molecule has 4 rings (SSSR count). The molecule has 4 aromatic rings. The molecule has 4 heteroatoms. The predicted octanol–water partition coefficient (Wildman–Crippen LogP) is 1.37. The number of hydrogen-bond donors (Lipinski definition) is 1. The van der Waals surface area contributed by atoms with Crippen molar-refractivity contribution in [3.05, 3.63) is 69.2 Å². The highest BCUT2D eigenvalue weighted by Crippen LogP contribution is 2.10. The number of nitrogens with zero attached hydrogens (tertiary/aromatic N) is 1. The molecule has 2 N–H and O–H groups in total. The quantitative estimate of drug-likeness (QED) is 0.651. The van der Waals surface area contributed by atoms with Crippen molar-refractivity contribution in [3.8, 4) is 5.69 Å². The number of nitrogens with two attached hydrogens (primary N) is 1. The van der Waals surface area contributed by atoms with Crippen LogP contribution in [0.15, 0.2) is 58.1 Å². The number of fused-ring (bicyclic) bond motifs is 4. The second-order valence-corrected chi connectivity index (χ2v) is 4.12. The summed E-state index contributed by atoms with van der Waals surface area (Å²) in [4.78, 5) is 24.5. The van der Waals surface area contributed by atoms with Gasteiger partial charge in [0.15, 0.2) is 0 Å². The van der Waals surface area contributed by atoms with Gasteiger partial charge in [0.2, 0.25) is 0 Å². The van der Waals surface area contributed by atoms with Crippen LogP contribution in [0.4, 0.5) is 5.69 Å². The lowest BCUT2D eigenvalue weighted by Gasteiger charge is -2.02. The van der Waals surface area contributed by atoms with Crippen LogP contribution >= 0.6 is 0 Å². The monoisotopic (exact) mass is 238 g/mol. The smallest absolute Gasteiger partial charge is 0.265 e. The van der Waals surface area contributed by atoms with Crippen LogP contribution in [-0.2, 0) is 0 Å². The largest absolute Gasteiger partial charge is 0.399 e. The summed E-state index contributed by atoms with van der Waals surface area (Å²) >= 11 is 0. The van der Waals surface area contributed by atoms with E-state index in [-0.39, 0.29) is 11.1 Å². The summed E-state index contributed by atoms with van der Waals surface area (Å²) in [6.45, 7) is 0. The molecule has 4 nitrogen and oxygen atoms in total. The van der Waals surface area contributed by atoms with Crippen molar-refractivity contribution in [1.29, 1.82) is 0 Å². The van der Waals surface area contributed by atoms with E-state index in [0.717, 1.165) is 4.57 Å². The van der Waals surface area contributed by atoms with E-state index >= 15 is 0 Å². The summed E-state index contributed by atoms with van der Waals surface area (Å²) in [7, 11) is 0. The Morgan fingerprint density at radius 2 is 1.39 bits per heavy atom. The van der Waals surface area contributed by atoms with Crippen molar-refractivity contribution in [3.63, 3.8) is 0 Å². The first kappa shape index (κ1) is 10.5. The molecule has 18 heavy (non-hydrogen) atoms. The first-order valence-electron chi connectivity index (χ1n) is 5.51. The van der Waals surface area contributed by atoms with Gasteiger partial charge in [-0.3, -0.25) is 9.59 Å². The third-order valence-corrected chi connectivity index (χ3v) is 2.91. The van der Waals surface area contributed by atoms with Gasteiger partial charge in [-0.2, -0.15) is 0 Å². The van der Waals surface area contributed by atoms with Gasteiger partial charge >= 0.3 is 0 Å². The molecule has 0 saturated carbocycles. The van der Waals surface area contributed by atoms with Gasteiger partial charge in [0.05, 0.1) is 5.69 Å². The van der Waals surface area contributed by atoms with E-state index in [4.69, 9.17) is 5.73 Å². The van der Waals surface area contributed by atoms with Crippen LogP contribution in [0.5, 0.6) is 0 Å². The standard InChI is InChI=1S/C14H10N2O2/c15-11-2-1-3-12(8-11)16-13(17)9-4-5-10(7-6-9)14(16)18/h1-8H,15H2. The highest BCUT2D eigenvalue weighted by molar-refractivity contribution is 5.65. The molecule has 0 aliphatic rings. The van der Waals surface area contributed by atoms with E-state index in [1.54, 1.807) is 48.5 Å². The molecule has 0 aliphatic heterocycles. The zero-order valence-electron chi connectivity index (χ0n) is 9.46. The van der Waals surface area contributed by atoms with Crippen molar-refractivity contribution >= 4 is 16.5 Å². The molecular weight excluding hydrogens is 228 g/mol. The zero-order valence-corrected chi connectivity index (χ0v) is 9.46. The van der Waals surface area contributed by atoms with E-state index < -0.39 is 0 Å². The first-order chi connectivity index (χ1) is 8.66. The Hall–Kier alpha value is -2.62. The van der Waals surface area contributed by atoms with Crippen molar-refractivity contribution < 1.29 is 0 Å². The summed E-state index contributed by atoms with van der Waals surface area (Å²) in [6, 6.07) is 13.4. The summed E-state index contributed by atoms with van der Waals surface area (Å²) in [5, 5.41) is 0.985. The number of nitrogen functional groups attached to an aromatic ring is 1. The molecule has 0 unspecified atom stereocenters. The van der Waals surface area contributed by atoms with E-state index in [0.29, 0.717) is 22.1 Å². The van der Waals surface area contributed by atoms with Crippen LogP contribution in [0.1, 0.15) is 0 Å². The third kappa shape index (κ3) is 1.47. The van der Waals surface area contributed by atoms with E-state index in [1.807, 2.05) is 0 Å². The Morgan fingerprint density at radius 1 is 0.833 bits per heavy atom. The Bertz CT molecular complexity index is 769. The van der Waals surface area contributed by atoms with E-state index in [9.17, 15) is 9.59 Å². The van der Waals surface area contributed by atoms with Crippen molar-refractivity contribution in [2.45, 2.75) is 0 Å². The van der Waals surface area contributed by atoms with Crippen molar-refractivity contribution in [2.24, 2.45) is 0 Å². The molecule has 0 spiro atoms. The Morgan fingerprint density at radius 3 is 1.89 bits per heavy atom. The SMILES string of the molecule is Nc1cccc(-n2c(=O)c3ccc(cc3)c2=O)c1. The molecule has 0 fully saturated rings. The van der Waals surface area contributed by atoms with E-state index in [1.165, 1.54) is 0 Å². The maximum absolute atomic E-state index is 12.2. The lowest BCUT2D eigenvalue weighted by Crippen LogP contribution is -2.27. The van der Waals surface area contributed by atoms with Gasteiger partial charge in [-0.25, -0.2) is 4.57 Å². The second-order valence-electron chi connectivity index (χ2n) is 4.12. The molecule has 2 aromatic heterocycles. The number of hydrogen-bond acceptors (Lipinski definition) is 3. The van der Waals surface area contributed by atoms with Crippen LogP contribution in [0.3, 0.4) is 0 Å². The van der Waals surface area contributed by atoms with Gasteiger partial charge < -0.3 is 5.73 Å². The molecule has 0 radical (unpaired) electrons. The Labute approximate surface area is 102 Å². The summed E-state index contributed by atoms with van der Waals surface area (Å²) in [5.41, 5.74) is 6.04. The summed E-state index contributed by atoms with van der Waals surface area (Å²) in [6.07, 6.45) is 0. The maximum Gasteiger partial charge on any atom is 0.265 e. The highest BCUT2D eigenvalue weighted by Gasteiger charge is 2.08. The van der Waals surface area contributed by atoms with Gasteiger partial charge in [0.1, 0.15) is 0 Å². The number of anilines is 1. The second kappa shape index (κ2) is 3.70. The minimum atomic E-state index is -0.328. The van der Waals surface area contributed by atoms with Crippen LogP contribution in [-0.4, -0.2) is 4.57 Å². The lowest BCUT2D eigenvalue weighted by molar-refractivity contribution is 0.978. The fourth-order valence-corrected chi connectivity index (χ4v) is 2.00. The van der Waals surface area contributed by atoms with Gasteiger partial charge in [0.25, 0.3) is 11.1 Å².